The highest BCUT2D eigenvalue weighted by Gasteiger charge is 2.16. The summed E-state index contributed by atoms with van der Waals surface area (Å²) in [5.74, 6) is 0. The lowest BCUT2D eigenvalue weighted by Gasteiger charge is -2.20. The van der Waals surface area contributed by atoms with E-state index >= 15 is 0 Å². The minimum Gasteiger partial charge on any atom is -0.389 e. The molecule has 2 rings (SSSR count). The predicted octanol–water partition coefficient (Wildman–Crippen LogP) is 6.55. The van der Waals surface area contributed by atoms with E-state index in [-0.39, 0.29) is 0 Å². The minimum absolute atomic E-state index is 0.402. The summed E-state index contributed by atoms with van der Waals surface area (Å²) in [6.45, 7) is 15.0. The maximum Gasteiger partial charge on any atom is 0.0453 e. The number of rotatable bonds is 6. The lowest BCUT2D eigenvalue weighted by molar-refractivity contribution is 0.554. The second kappa shape index (κ2) is 10.8. The number of hydrogen-bond donors (Lipinski definition) is 2. The van der Waals surface area contributed by atoms with E-state index in [2.05, 4.69) is 50.0 Å². The van der Waals surface area contributed by atoms with Crippen LogP contribution in [0.5, 0.6) is 0 Å². The maximum atomic E-state index is 5.99. The smallest absolute Gasteiger partial charge is 0.0453 e. The molecule has 0 unspecified atom stereocenters. The van der Waals surface area contributed by atoms with Crippen molar-refractivity contribution in [2.75, 3.05) is 6.54 Å². The van der Waals surface area contributed by atoms with Crippen molar-refractivity contribution in [3.05, 3.63) is 81.0 Å². The Hall–Kier alpha value is -1.48. The van der Waals surface area contributed by atoms with Gasteiger partial charge in [0.1, 0.15) is 0 Å². The zero-order valence-electron chi connectivity index (χ0n) is 17.1. The zero-order valence-corrected chi connectivity index (χ0v) is 18.6. The van der Waals surface area contributed by atoms with Crippen molar-refractivity contribution in [3.8, 4) is 0 Å². The fraction of sp³-hybridized carbons (Fsp3) is 0.391. The molecule has 0 fully saturated rings. The van der Waals surface area contributed by atoms with Crippen LogP contribution in [0.15, 0.2) is 48.7 Å². The Kier molecular flexibility index (Phi) is 9.38. The van der Waals surface area contributed by atoms with Crippen LogP contribution in [0.1, 0.15) is 49.4 Å². The van der Waals surface area contributed by atoms with Gasteiger partial charge in [0.05, 0.1) is 0 Å². The van der Waals surface area contributed by atoms with Crippen LogP contribution in [0.3, 0.4) is 0 Å². The predicted molar refractivity (Wildman–Crippen MR) is 121 cm³/mol. The molecule has 0 saturated heterocycles. The number of aryl methyl sites for hydroxylation is 1. The van der Waals surface area contributed by atoms with Crippen LogP contribution >= 0.6 is 23.2 Å². The highest BCUT2D eigenvalue weighted by molar-refractivity contribution is 6.36. The minimum atomic E-state index is -0.402. The van der Waals surface area contributed by atoms with Gasteiger partial charge in [-0.2, -0.15) is 0 Å². The molecule has 2 aromatic rings. The van der Waals surface area contributed by atoms with Crippen molar-refractivity contribution in [3.63, 3.8) is 0 Å². The molecule has 2 nitrogen and oxygen atoms in total. The van der Waals surface area contributed by atoms with Crippen LogP contribution in [0, 0.1) is 13.8 Å². The van der Waals surface area contributed by atoms with Gasteiger partial charge in [0.2, 0.25) is 0 Å². The van der Waals surface area contributed by atoms with Gasteiger partial charge in [-0.1, -0.05) is 66.5 Å². The first-order valence-electron chi connectivity index (χ1n) is 9.26. The van der Waals surface area contributed by atoms with E-state index in [9.17, 15) is 0 Å². The maximum absolute atomic E-state index is 5.99. The normalized spacial score (nSPS) is 10.8. The van der Waals surface area contributed by atoms with E-state index in [0.717, 1.165) is 36.2 Å². The third-order valence-corrected chi connectivity index (χ3v) is 4.97. The Morgan fingerprint density at radius 3 is 2.04 bits per heavy atom. The molecule has 0 aliphatic carbocycles. The molecule has 0 bridgehead atoms. The first-order chi connectivity index (χ1) is 12.5. The lowest BCUT2D eigenvalue weighted by atomic mass is 9.95. The topological polar surface area (TPSA) is 38.0 Å². The van der Waals surface area contributed by atoms with E-state index in [1.54, 1.807) is 0 Å². The molecule has 3 N–H and O–H groups in total. The number of allylic oxidation sites excluding steroid dienone is 1. The summed E-state index contributed by atoms with van der Waals surface area (Å²) in [7, 11) is 0. The molecule has 2 aromatic carbocycles. The molecule has 0 radical (unpaired) electrons. The molecular weight excluding hydrogens is 375 g/mol. The molecule has 4 heteroatoms. The summed E-state index contributed by atoms with van der Waals surface area (Å²) in [5, 5.41) is 4.64. The lowest BCUT2D eigenvalue weighted by Crippen LogP contribution is -2.28. The summed E-state index contributed by atoms with van der Waals surface area (Å²) in [6.07, 6.45) is 2.08. The van der Waals surface area contributed by atoms with Crippen molar-refractivity contribution >= 4 is 23.2 Å². The molecule has 0 aliphatic heterocycles. The average Bonchev–Trinajstić information content (AvgIpc) is 2.59. The molecule has 0 aromatic heterocycles. The average molecular weight is 407 g/mol. The van der Waals surface area contributed by atoms with Crippen LogP contribution in [-0.2, 0) is 12.0 Å². The molecule has 0 aliphatic rings. The fourth-order valence-electron chi connectivity index (χ4n) is 2.33. The van der Waals surface area contributed by atoms with Crippen LogP contribution in [0.2, 0.25) is 10.0 Å². The monoisotopic (exact) mass is 406 g/mol. The van der Waals surface area contributed by atoms with E-state index in [4.69, 9.17) is 28.9 Å². The van der Waals surface area contributed by atoms with Crippen molar-refractivity contribution in [2.45, 2.75) is 53.0 Å². The van der Waals surface area contributed by atoms with Crippen LogP contribution in [-0.4, -0.2) is 6.54 Å². The number of nitrogens with two attached hydrogens (primary N) is 1. The van der Waals surface area contributed by atoms with Crippen LogP contribution in [0.4, 0.5) is 0 Å². The second-order valence-electron chi connectivity index (χ2n) is 7.48. The first-order valence-corrected chi connectivity index (χ1v) is 10.0. The Labute approximate surface area is 174 Å². The van der Waals surface area contributed by atoms with Gasteiger partial charge in [0, 0.05) is 34.2 Å². The van der Waals surface area contributed by atoms with Gasteiger partial charge < -0.3 is 11.1 Å². The molecule has 0 spiro atoms. The highest BCUT2D eigenvalue weighted by Crippen LogP contribution is 2.29. The number of benzene rings is 2. The van der Waals surface area contributed by atoms with E-state index in [0.29, 0.717) is 10.0 Å². The van der Waals surface area contributed by atoms with Crippen molar-refractivity contribution < 1.29 is 0 Å². The third-order valence-electron chi connectivity index (χ3n) is 4.19. The van der Waals surface area contributed by atoms with Crippen molar-refractivity contribution in [1.82, 2.24) is 5.32 Å². The Morgan fingerprint density at radius 1 is 1.07 bits per heavy atom. The van der Waals surface area contributed by atoms with Gasteiger partial charge in [-0.25, -0.2) is 0 Å². The summed E-state index contributed by atoms with van der Waals surface area (Å²) in [5.41, 5.74) is 11.1. The molecule has 148 valence electrons. The third kappa shape index (κ3) is 8.38. The molecule has 0 amide bonds. The van der Waals surface area contributed by atoms with Gasteiger partial charge in [0.25, 0.3) is 0 Å². The zero-order chi connectivity index (χ0) is 20.6. The van der Waals surface area contributed by atoms with E-state index in [1.807, 2.05) is 32.9 Å². The van der Waals surface area contributed by atoms with Crippen LogP contribution < -0.4 is 11.1 Å². The van der Waals surface area contributed by atoms with Gasteiger partial charge in [-0.15, -0.1) is 0 Å². The summed E-state index contributed by atoms with van der Waals surface area (Å²) >= 11 is 12.0. The summed E-state index contributed by atoms with van der Waals surface area (Å²) in [4.78, 5) is 0. The summed E-state index contributed by atoms with van der Waals surface area (Å²) < 4.78 is 0. The highest BCUT2D eigenvalue weighted by atomic mass is 35.5. The standard InChI is InChI=1S/C13H19N.C10H13Cl2N/c1-4-9-14-12(3)10-13-7-5-11(2)6-8-13;1-6-8(11)4-7(5-9(6)12)10(2,3)13/h5-8,14H,3-4,9-10H2,1-2H3;4-5H,13H2,1-3H3. The van der Waals surface area contributed by atoms with Gasteiger partial charge in [-0.05, 0) is 62.9 Å². The van der Waals surface area contributed by atoms with Gasteiger partial charge >= 0.3 is 0 Å². The molecular formula is C23H32Cl2N2. The first kappa shape index (κ1) is 23.6. The number of nitrogens with one attached hydrogen (secondary N) is 1. The molecule has 0 heterocycles. The quantitative estimate of drug-likeness (QED) is 0.570. The summed E-state index contributed by atoms with van der Waals surface area (Å²) in [6, 6.07) is 12.3. The molecule has 0 saturated carbocycles. The number of hydrogen-bond acceptors (Lipinski definition) is 2. The number of halogens is 2. The SMILES string of the molecule is C=C(Cc1ccc(C)cc1)NCCC.Cc1c(Cl)cc(C(C)(C)N)cc1Cl. The van der Waals surface area contributed by atoms with Crippen LogP contribution in [0.25, 0.3) is 0 Å². The van der Waals surface area contributed by atoms with Gasteiger partial charge in [0.15, 0.2) is 0 Å². The van der Waals surface area contributed by atoms with Crippen molar-refractivity contribution in [1.29, 1.82) is 0 Å². The van der Waals surface area contributed by atoms with E-state index in [1.165, 1.54) is 11.1 Å². The molecule has 0 atom stereocenters. The van der Waals surface area contributed by atoms with Crippen molar-refractivity contribution in [2.24, 2.45) is 5.73 Å². The Morgan fingerprint density at radius 2 is 1.59 bits per heavy atom. The second-order valence-corrected chi connectivity index (χ2v) is 8.29. The Balaban J connectivity index is 0.000000271. The molecule has 27 heavy (non-hydrogen) atoms. The Bertz CT molecular complexity index is 721. The van der Waals surface area contributed by atoms with Gasteiger partial charge in [-0.3, -0.25) is 0 Å². The fourth-order valence-corrected chi connectivity index (χ4v) is 2.82. The van der Waals surface area contributed by atoms with E-state index < -0.39 is 5.54 Å². The largest absolute Gasteiger partial charge is 0.389 e.